The summed E-state index contributed by atoms with van der Waals surface area (Å²) in [5, 5.41) is 10.7. The number of benzene rings is 1. The molecular formula is C15H17FN2O. The molecule has 100 valence electrons. The Balaban J connectivity index is 2.34. The van der Waals surface area contributed by atoms with E-state index in [0.717, 1.165) is 11.1 Å². The van der Waals surface area contributed by atoms with Gasteiger partial charge in [0.15, 0.2) is 0 Å². The van der Waals surface area contributed by atoms with Crippen LogP contribution in [0.3, 0.4) is 0 Å². The minimum Gasteiger partial charge on any atom is -0.385 e. The van der Waals surface area contributed by atoms with Crippen LogP contribution in [0.5, 0.6) is 0 Å². The lowest BCUT2D eigenvalue weighted by Gasteiger charge is -2.26. The Kier molecular flexibility index (Phi) is 3.53. The molecule has 0 radical (unpaired) electrons. The van der Waals surface area contributed by atoms with E-state index in [1.54, 1.807) is 25.3 Å². The number of rotatable bonds is 3. The van der Waals surface area contributed by atoms with Crippen LogP contribution in [0.25, 0.3) is 0 Å². The molecular weight excluding hydrogens is 243 g/mol. The summed E-state index contributed by atoms with van der Waals surface area (Å²) in [6.07, 6.45) is 1.96. The van der Waals surface area contributed by atoms with Crippen LogP contribution in [-0.4, -0.2) is 10.1 Å². The Morgan fingerprint density at radius 3 is 2.47 bits per heavy atom. The fourth-order valence-corrected chi connectivity index (χ4v) is 2.37. The van der Waals surface area contributed by atoms with E-state index in [4.69, 9.17) is 5.73 Å². The van der Waals surface area contributed by atoms with Crippen LogP contribution in [0, 0.1) is 12.7 Å². The molecule has 2 aromatic rings. The maximum atomic E-state index is 12.9. The highest BCUT2D eigenvalue weighted by molar-refractivity contribution is 5.48. The molecule has 0 aliphatic carbocycles. The first-order valence-electron chi connectivity index (χ1n) is 6.08. The number of nitrogens with zero attached hydrogens (tertiary/aromatic N) is 1. The van der Waals surface area contributed by atoms with E-state index in [9.17, 15) is 9.50 Å². The molecule has 1 heterocycles. The lowest BCUT2D eigenvalue weighted by molar-refractivity contribution is 0.0575. The minimum atomic E-state index is -1.14. The highest BCUT2D eigenvalue weighted by Gasteiger charge is 2.28. The zero-order valence-electron chi connectivity index (χ0n) is 11.0. The van der Waals surface area contributed by atoms with Gasteiger partial charge in [0.1, 0.15) is 11.6 Å². The largest absolute Gasteiger partial charge is 0.385 e. The second-order valence-electron chi connectivity index (χ2n) is 4.97. The van der Waals surface area contributed by atoms with E-state index >= 15 is 0 Å². The fourth-order valence-electron chi connectivity index (χ4n) is 2.37. The zero-order chi connectivity index (χ0) is 14.0. The van der Waals surface area contributed by atoms with Gasteiger partial charge in [-0.15, -0.1) is 0 Å². The zero-order valence-corrected chi connectivity index (χ0v) is 11.0. The molecule has 19 heavy (non-hydrogen) atoms. The predicted octanol–water partition coefficient (Wildman–Crippen LogP) is 2.56. The molecule has 0 bridgehead atoms. The number of pyridine rings is 1. The smallest absolute Gasteiger partial charge is 0.129 e. The third-order valence-corrected chi connectivity index (χ3v) is 3.19. The first kappa shape index (κ1) is 13.5. The van der Waals surface area contributed by atoms with Crippen LogP contribution >= 0.6 is 0 Å². The van der Waals surface area contributed by atoms with Gasteiger partial charge in [-0.2, -0.15) is 0 Å². The summed E-state index contributed by atoms with van der Waals surface area (Å²) >= 11 is 0. The third kappa shape index (κ3) is 2.90. The standard InChI is InChI=1S/C15H17FN2O/c1-10-7-8-18-14(17)13(10)15(2,19)9-11-3-5-12(16)6-4-11/h3-8,19H,9H2,1-2H3,(H2,17,18). The average molecular weight is 260 g/mol. The first-order chi connectivity index (χ1) is 8.90. The van der Waals surface area contributed by atoms with Gasteiger partial charge in [-0.1, -0.05) is 12.1 Å². The summed E-state index contributed by atoms with van der Waals surface area (Å²) in [4.78, 5) is 4.02. The molecule has 1 aromatic heterocycles. The van der Waals surface area contributed by atoms with E-state index in [0.29, 0.717) is 17.8 Å². The minimum absolute atomic E-state index is 0.291. The lowest BCUT2D eigenvalue weighted by Crippen LogP contribution is -2.27. The van der Waals surface area contributed by atoms with E-state index in [2.05, 4.69) is 4.98 Å². The Morgan fingerprint density at radius 2 is 1.89 bits per heavy atom. The normalized spacial score (nSPS) is 14.1. The number of aryl methyl sites for hydroxylation is 1. The summed E-state index contributed by atoms with van der Waals surface area (Å²) < 4.78 is 12.9. The number of aromatic nitrogens is 1. The van der Waals surface area contributed by atoms with Gasteiger partial charge >= 0.3 is 0 Å². The van der Waals surface area contributed by atoms with Crippen molar-refractivity contribution >= 4 is 5.82 Å². The molecule has 4 heteroatoms. The summed E-state index contributed by atoms with van der Waals surface area (Å²) in [5.41, 5.74) is 7.07. The maximum absolute atomic E-state index is 12.9. The van der Waals surface area contributed by atoms with Crippen molar-refractivity contribution in [2.75, 3.05) is 5.73 Å². The number of hydrogen-bond acceptors (Lipinski definition) is 3. The number of nitrogen functional groups attached to an aromatic ring is 1. The van der Waals surface area contributed by atoms with Gasteiger partial charge in [-0.05, 0) is 43.2 Å². The Labute approximate surface area is 111 Å². The van der Waals surface area contributed by atoms with Crippen molar-refractivity contribution < 1.29 is 9.50 Å². The number of anilines is 1. The monoisotopic (exact) mass is 260 g/mol. The van der Waals surface area contributed by atoms with Crippen molar-refractivity contribution in [1.82, 2.24) is 4.98 Å². The summed E-state index contributed by atoms with van der Waals surface area (Å²) in [5.74, 6) is 0.0348. The first-order valence-corrected chi connectivity index (χ1v) is 6.08. The molecule has 0 saturated carbocycles. The van der Waals surface area contributed by atoms with Crippen LogP contribution in [0.2, 0.25) is 0 Å². The number of hydrogen-bond donors (Lipinski definition) is 2. The Bertz CT molecular complexity index is 559. The molecule has 3 N–H and O–H groups in total. The number of aliphatic hydroxyl groups is 1. The van der Waals surface area contributed by atoms with Crippen LogP contribution in [0.4, 0.5) is 10.2 Å². The topological polar surface area (TPSA) is 59.1 Å². The van der Waals surface area contributed by atoms with Crippen molar-refractivity contribution in [3.63, 3.8) is 0 Å². The number of nitrogens with two attached hydrogens (primary N) is 1. The molecule has 1 aromatic carbocycles. The van der Waals surface area contributed by atoms with E-state index < -0.39 is 5.60 Å². The van der Waals surface area contributed by atoms with Gasteiger partial charge in [0, 0.05) is 18.2 Å². The van der Waals surface area contributed by atoms with Crippen molar-refractivity contribution in [3.05, 3.63) is 59.0 Å². The predicted molar refractivity (Wildman–Crippen MR) is 73.1 cm³/mol. The Hall–Kier alpha value is -1.94. The van der Waals surface area contributed by atoms with Crippen LogP contribution in [0.15, 0.2) is 36.5 Å². The summed E-state index contributed by atoms with van der Waals surface area (Å²) in [6, 6.07) is 7.89. The lowest BCUT2D eigenvalue weighted by atomic mass is 9.87. The van der Waals surface area contributed by atoms with Crippen molar-refractivity contribution in [2.24, 2.45) is 0 Å². The molecule has 0 saturated heterocycles. The van der Waals surface area contributed by atoms with E-state index in [-0.39, 0.29) is 5.82 Å². The Morgan fingerprint density at radius 1 is 1.26 bits per heavy atom. The molecule has 0 aliphatic heterocycles. The summed E-state index contributed by atoms with van der Waals surface area (Å²) in [6.45, 7) is 3.57. The highest BCUT2D eigenvalue weighted by Crippen LogP contribution is 2.31. The molecule has 2 rings (SSSR count). The molecule has 0 fully saturated rings. The molecule has 1 unspecified atom stereocenters. The van der Waals surface area contributed by atoms with Gasteiger partial charge in [-0.3, -0.25) is 0 Å². The summed E-state index contributed by atoms with van der Waals surface area (Å²) in [7, 11) is 0. The molecule has 0 aliphatic rings. The van der Waals surface area contributed by atoms with Gasteiger partial charge in [-0.25, -0.2) is 9.37 Å². The van der Waals surface area contributed by atoms with Gasteiger partial charge in [0.2, 0.25) is 0 Å². The van der Waals surface area contributed by atoms with Crippen LogP contribution in [0.1, 0.15) is 23.6 Å². The molecule has 1 atom stereocenters. The van der Waals surface area contributed by atoms with Gasteiger partial charge in [0.25, 0.3) is 0 Å². The second kappa shape index (κ2) is 4.97. The van der Waals surface area contributed by atoms with Crippen LogP contribution in [-0.2, 0) is 12.0 Å². The highest BCUT2D eigenvalue weighted by atomic mass is 19.1. The van der Waals surface area contributed by atoms with Gasteiger partial charge < -0.3 is 10.8 Å². The molecule has 0 amide bonds. The second-order valence-corrected chi connectivity index (χ2v) is 4.97. The maximum Gasteiger partial charge on any atom is 0.129 e. The van der Waals surface area contributed by atoms with Crippen molar-refractivity contribution in [1.29, 1.82) is 0 Å². The quantitative estimate of drug-likeness (QED) is 0.891. The number of halogens is 1. The van der Waals surface area contributed by atoms with E-state index in [1.165, 1.54) is 12.1 Å². The van der Waals surface area contributed by atoms with Crippen molar-refractivity contribution in [3.8, 4) is 0 Å². The van der Waals surface area contributed by atoms with E-state index in [1.807, 2.05) is 13.0 Å². The van der Waals surface area contributed by atoms with Crippen LogP contribution < -0.4 is 5.73 Å². The SMILES string of the molecule is Cc1ccnc(N)c1C(C)(O)Cc1ccc(F)cc1. The van der Waals surface area contributed by atoms with Crippen molar-refractivity contribution in [2.45, 2.75) is 25.9 Å². The average Bonchev–Trinajstić information content (AvgIpc) is 2.31. The third-order valence-electron chi connectivity index (χ3n) is 3.19. The molecule has 0 spiro atoms. The fraction of sp³-hybridized carbons (Fsp3) is 0.267. The van der Waals surface area contributed by atoms with Gasteiger partial charge in [0.05, 0.1) is 5.60 Å². The molecule has 3 nitrogen and oxygen atoms in total.